The molecule has 6 heteroatoms. The third kappa shape index (κ3) is 4.08. The van der Waals surface area contributed by atoms with Gasteiger partial charge in [-0.05, 0) is 32.0 Å². The number of hydrogen-bond donors (Lipinski definition) is 3. The minimum atomic E-state index is -0.0633. The first kappa shape index (κ1) is 18.1. The SMILES string of the molecule is Cc1cc(C)cc(C(=O)NCCn2cc(SC(=N)N)c3ccccc32)c1. The molecule has 0 fully saturated rings. The van der Waals surface area contributed by atoms with Crippen LogP contribution < -0.4 is 11.1 Å². The van der Waals surface area contributed by atoms with E-state index in [1.807, 2.05) is 56.4 Å². The highest BCUT2D eigenvalue weighted by molar-refractivity contribution is 8.13. The zero-order chi connectivity index (χ0) is 18.7. The maximum Gasteiger partial charge on any atom is 0.251 e. The van der Waals surface area contributed by atoms with Gasteiger partial charge in [0.2, 0.25) is 0 Å². The maximum absolute atomic E-state index is 12.4. The molecule has 0 bridgehead atoms. The van der Waals surface area contributed by atoms with E-state index in [1.165, 1.54) is 11.8 Å². The van der Waals surface area contributed by atoms with Gasteiger partial charge < -0.3 is 15.6 Å². The van der Waals surface area contributed by atoms with Gasteiger partial charge in [-0.1, -0.05) is 47.2 Å². The number of aromatic nitrogens is 1. The van der Waals surface area contributed by atoms with Crippen molar-refractivity contribution in [3.63, 3.8) is 0 Å². The number of carbonyl (C=O) groups is 1. The first-order valence-corrected chi connectivity index (χ1v) is 9.22. The smallest absolute Gasteiger partial charge is 0.251 e. The summed E-state index contributed by atoms with van der Waals surface area (Å²) in [6.45, 7) is 5.15. The predicted molar refractivity (Wildman–Crippen MR) is 108 cm³/mol. The number of hydrogen-bond acceptors (Lipinski definition) is 3. The third-order valence-electron chi connectivity index (χ3n) is 4.09. The Labute approximate surface area is 157 Å². The van der Waals surface area contributed by atoms with E-state index in [-0.39, 0.29) is 11.1 Å². The normalized spacial score (nSPS) is 10.8. The first-order chi connectivity index (χ1) is 12.4. The number of carbonyl (C=O) groups excluding carboxylic acids is 1. The van der Waals surface area contributed by atoms with Gasteiger partial charge in [-0.2, -0.15) is 0 Å². The highest BCUT2D eigenvalue weighted by atomic mass is 32.2. The molecule has 0 aliphatic carbocycles. The van der Waals surface area contributed by atoms with E-state index in [0.717, 1.165) is 26.9 Å². The Balaban J connectivity index is 1.71. The molecule has 1 aromatic heterocycles. The summed E-state index contributed by atoms with van der Waals surface area (Å²) in [6, 6.07) is 13.9. The van der Waals surface area contributed by atoms with Crippen LogP contribution in [0.15, 0.2) is 53.6 Å². The van der Waals surface area contributed by atoms with E-state index >= 15 is 0 Å². The summed E-state index contributed by atoms with van der Waals surface area (Å²) in [5.74, 6) is -0.0633. The van der Waals surface area contributed by atoms with E-state index in [9.17, 15) is 4.79 Å². The Morgan fingerprint density at radius 1 is 1.19 bits per heavy atom. The van der Waals surface area contributed by atoms with Crippen molar-refractivity contribution in [3.05, 3.63) is 65.4 Å². The van der Waals surface area contributed by atoms with Gasteiger partial charge in [0, 0.05) is 40.6 Å². The molecule has 0 spiro atoms. The summed E-state index contributed by atoms with van der Waals surface area (Å²) >= 11 is 1.24. The Kier molecular flexibility index (Phi) is 5.32. The molecule has 3 rings (SSSR count). The number of para-hydroxylation sites is 1. The molecule has 4 N–H and O–H groups in total. The van der Waals surface area contributed by atoms with Crippen molar-refractivity contribution in [3.8, 4) is 0 Å². The largest absolute Gasteiger partial charge is 0.378 e. The van der Waals surface area contributed by atoms with Crippen LogP contribution in [0.3, 0.4) is 0 Å². The predicted octanol–water partition coefficient (Wildman–Crippen LogP) is 3.67. The molecule has 0 aliphatic heterocycles. The lowest BCUT2D eigenvalue weighted by atomic mass is 10.1. The second kappa shape index (κ2) is 7.66. The Morgan fingerprint density at radius 2 is 1.88 bits per heavy atom. The molecule has 5 nitrogen and oxygen atoms in total. The van der Waals surface area contributed by atoms with Crippen LogP contribution in [0.4, 0.5) is 0 Å². The van der Waals surface area contributed by atoms with E-state index in [4.69, 9.17) is 11.1 Å². The van der Waals surface area contributed by atoms with Crippen molar-refractivity contribution < 1.29 is 4.79 Å². The molecule has 2 aromatic carbocycles. The van der Waals surface area contributed by atoms with Crippen LogP contribution in [-0.2, 0) is 6.54 Å². The molecule has 134 valence electrons. The topological polar surface area (TPSA) is 83.9 Å². The van der Waals surface area contributed by atoms with Crippen LogP contribution in [-0.4, -0.2) is 22.2 Å². The first-order valence-electron chi connectivity index (χ1n) is 8.40. The van der Waals surface area contributed by atoms with E-state index in [1.54, 1.807) is 0 Å². The molecule has 26 heavy (non-hydrogen) atoms. The van der Waals surface area contributed by atoms with Gasteiger partial charge in [-0.25, -0.2) is 0 Å². The lowest BCUT2D eigenvalue weighted by Gasteiger charge is -2.09. The molecule has 0 radical (unpaired) electrons. The fourth-order valence-electron chi connectivity index (χ4n) is 3.10. The van der Waals surface area contributed by atoms with Crippen LogP contribution in [0.2, 0.25) is 0 Å². The standard InChI is InChI=1S/C20H22N4OS/c1-13-9-14(2)11-15(10-13)19(25)23-7-8-24-12-18(26-20(21)22)16-5-3-4-6-17(16)24/h3-6,9-12H,7-8H2,1-2H3,(H3,21,22)(H,23,25). The number of nitrogens with two attached hydrogens (primary N) is 1. The van der Waals surface area contributed by atoms with E-state index < -0.39 is 0 Å². The zero-order valence-corrected chi connectivity index (χ0v) is 15.7. The molecule has 3 aromatic rings. The Bertz CT molecular complexity index is 957. The summed E-state index contributed by atoms with van der Waals surface area (Å²) in [4.78, 5) is 13.3. The van der Waals surface area contributed by atoms with Crippen LogP contribution in [0.1, 0.15) is 21.5 Å². The van der Waals surface area contributed by atoms with Gasteiger partial charge in [0.25, 0.3) is 5.91 Å². The number of nitrogens with zero attached hydrogens (tertiary/aromatic N) is 1. The van der Waals surface area contributed by atoms with Crippen molar-refractivity contribution in [1.82, 2.24) is 9.88 Å². The summed E-state index contributed by atoms with van der Waals surface area (Å²) in [7, 11) is 0. The number of benzene rings is 2. The second-order valence-corrected chi connectivity index (χ2v) is 7.39. The lowest BCUT2D eigenvalue weighted by molar-refractivity contribution is 0.0952. The minimum absolute atomic E-state index is 0.0633. The fourth-order valence-corrected chi connectivity index (χ4v) is 3.80. The Hall–Kier alpha value is -2.73. The molecule has 0 unspecified atom stereocenters. The van der Waals surface area contributed by atoms with E-state index in [2.05, 4.69) is 16.0 Å². The molecular formula is C20H22N4OS. The number of thioether (sulfide) groups is 1. The highest BCUT2D eigenvalue weighted by Crippen LogP contribution is 2.29. The summed E-state index contributed by atoms with van der Waals surface area (Å²) < 4.78 is 2.09. The molecule has 1 amide bonds. The molecule has 0 saturated heterocycles. The molecular weight excluding hydrogens is 344 g/mol. The number of amides is 1. The number of amidine groups is 1. The van der Waals surface area contributed by atoms with Gasteiger partial charge in [-0.3, -0.25) is 10.2 Å². The molecule has 0 atom stereocenters. The monoisotopic (exact) mass is 366 g/mol. The van der Waals surface area contributed by atoms with Crippen molar-refractivity contribution >= 4 is 33.7 Å². The average Bonchev–Trinajstić information content (AvgIpc) is 2.91. The fraction of sp³-hybridized carbons (Fsp3) is 0.200. The number of nitrogens with one attached hydrogen (secondary N) is 2. The van der Waals surface area contributed by atoms with Crippen LogP contribution in [0.25, 0.3) is 10.9 Å². The van der Waals surface area contributed by atoms with Crippen LogP contribution in [0.5, 0.6) is 0 Å². The zero-order valence-electron chi connectivity index (χ0n) is 14.9. The quantitative estimate of drug-likeness (QED) is 0.366. The molecule has 1 heterocycles. The highest BCUT2D eigenvalue weighted by Gasteiger charge is 2.11. The van der Waals surface area contributed by atoms with Crippen LogP contribution in [0, 0.1) is 19.3 Å². The van der Waals surface area contributed by atoms with Crippen molar-refractivity contribution in [1.29, 1.82) is 5.41 Å². The molecule has 0 saturated carbocycles. The Morgan fingerprint density at radius 3 is 2.58 bits per heavy atom. The minimum Gasteiger partial charge on any atom is -0.378 e. The number of aryl methyl sites for hydroxylation is 2. The van der Waals surface area contributed by atoms with Crippen LogP contribution >= 0.6 is 11.8 Å². The van der Waals surface area contributed by atoms with Crippen molar-refractivity contribution in [2.24, 2.45) is 5.73 Å². The maximum atomic E-state index is 12.4. The van der Waals surface area contributed by atoms with Gasteiger partial charge in [0.05, 0.1) is 0 Å². The summed E-state index contributed by atoms with van der Waals surface area (Å²) in [5.41, 5.74) is 9.45. The molecule has 0 aliphatic rings. The van der Waals surface area contributed by atoms with Gasteiger partial charge >= 0.3 is 0 Å². The van der Waals surface area contributed by atoms with Crippen molar-refractivity contribution in [2.45, 2.75) is 25.3 Å². The van der Waals surface area contributed by atoms with Gasteiger partial charge in [0.15, 0.2) is 5.17 Å². The summed E-state index contributed by atoms with van der Waals surface area (Å²) in [5, 5.41) is 11.6. The summed E-state index contributed by atoms with van der Waals surface area (Å²) in [6.07, 6.45) is 1.99. The third-order valence-corrected chi connectivity index (χ3v) is 4.86. The van der Waals surface area contributed by atoms with Crippen molar-refractivity contribution in [2.75, 3.05) is 6.54 Å². The van der Waals surface area contributed by atoms with Gasteiger partial charge in [-0.15, -0.1) is 0 Å². The number of fused-ring (bicyclic) bond motifs is 1. The van der Waals surface area contributed by atoms with Gasteiger partial charge in [0.1, 0.15) is 0 Å². The van der Waals surface area contributed by atoms with E-state index in [0.29, 0.717) is 18.7 Å². The number of rotatable bonds is 5. The lowest BCUT2D eigenvalue weighted by Crippen LogP contribution is -2.27. The second-order valence-electron chi connectivity index (χ2n) is 6.30. The average molecular weight is 366 g/mol.